The maximum Gasteiger partial charge on any atom is 0.312 e. The van der Waals surface area contributed by atoms with Gasteiger partial charge in [0.05, 0.1) is 9.82 Å². The largest absolute Gasteiger partial charge is 0.502 e. The van der Waals surface area contributed by atoms with Crippen molar-refractivity contribution in [1.29, 1.82) is 0 Å². The number of hydrogen-bond acceptors (Lipinski definition) is 6. The van der Waals surface area contributed by atoms with Crippen molar-refractivity contribution >= 4 is 15.7 Å². The molecule has 0 aliphatic carbocycles. The quantitative estimate of drug-likeness (QED) is 0.610. The van der Waals surface area contributed by atoms with E-state index in [9.17, 15) is 23.6 Å². The average molecular weight is 301 g/mol. The van der Waals surface area contributed by atoms with Crippen molar-refractivity contribution in [3.8, 4) is 5.75 Å². The van der Waals surface area contributed by atoms with Gasteiger partial charge in [0.2, 0.25) is 10.0 Å². The lowest BCUT2D eigenvalue weighted by molar-refractivity contribution is -0.386. The van der Waals surface area contributed by atoms with Gasteiger partial charge in [-0.15, -0.1) is 0 Å². The van der Waals surface area contributed by atoms with Crippen molar-refractivity contribution in [1.82, 2.24) is 9.62 Å². The minimum atomic E-state index is -3.83. The van der Waals surface area contributed by atoms with E-state index in [1.165, 1.54) is 0 Å². The van der Waals surface area contributed by atoms with Crippen molar-refractivity contribution in [2.75, 3.05) is 20.1 Å². The van der Waals surface area contributed by atoms with E-state index >= 15 is 0 Å². The summed E-state index contributed by atoms with van der Waals surface area (Å²) in [7, 11) is -1.94. The van der Waals surface area contributed by atoms with Crippen LogP contribution in [0.4, 0.5) is 5.69 Å². The maximum atomic E-state index is 12.1. The molecule has 2 rings (SSSR count). The van der Waals surface area contributed by atoms with Gasteiger partial charge in [0.1, 0.15) is 0 Å². The van der Waals surface area contributed by atoms with Crippen molar-refractivity contribution in [3.63, 3.8) is 0 Å². The van der Waals surface area contributed by atoms with Crippen LogP contribution in [0.25, 0.3) is 0 Å². The molecule has 8 nitrogen and oxygen atoms in total. The number of likely N-dealkylation sites (N-methyl/N-ethyl adjacent to an activating group) is 1. The van der Waals surface area contributed by atoms with E-state index < -0.39 is 26.4 Å². The second-order valence-electron chi connectivity index (χ2n) is 4.78. The van der Waals surface area contributed by atoms with Crippen molar-refractivity contribution in [3.05, 3.63) is 28.3 Å². The summed E-state index contributed by atoms with van der Waals surface area (Å²) in [6, 6.07) is 2.80. The highest BCUT2D eigenvalue weighted by Crippen LogP contribution is 2.28. The first-order valence-electron chi connectivity index (χ1n) is 5.98. The molecule has 0 saturated carbocycles. The summed E-state index contributed by atoms with van der Waals surface area (Å²) in [5, 5.41) is 20.0. The number of nitro benzene ring substituents is 1. The molecule has 1 atom stereocenters. The van der Waals surface area contributed by atoms with Gasteiger partial charge < -0.3 is 10.0 Å². The molecule has 9 heteroatoms. The highest BCUT2D eigenvalue weighted by Gasteiger charge is 2.27. The topological polar surface area (TPSA) is 113 Å². The molecule has 0 amide bonds. The van der Waals surface area contributed by atoms with E-state index in [1.807, 2.05) is 11.9 Å². The molecule has 0 aromatic heterocycles. The third kappa shape index (κ3) is 3.06. The monoisotopic (exact) mass is 301 g/mol. The number of aromatic hydroxyl groups is 1. The van der Waals surface area contributed by atoms with Crippen LogP contribution in [0, 0.1) is 10.1 Å². The fourth-order valence-corrected chi connectivity index (χ4v) is 3.42. The summed E-state index contributed by atoms with van der Waals surface area (Å²) in [5.74, 6) is -0.561. The summed E-state index contributed by atoms with van der Waals surface area (Å²) in [5.41, 5.74) is -0.628. The average Bonchev–Trinajstić information content (AvgIpc) is 2.73. The Labute approximate surface area is 116 Å². The number of phenolic OH excluding ortho intramolecular Hbond substituents is 1. The number of benzene rings is 1. The number of sulfonamides is 1. The Morgan fingerprint density at radius 2 is 2.20 bits per heavy atom. The molecule has 1 aromatic rings. The molecule has 1 heterocycles. The zero-order valence-corrected chi connectivity index (χ0v) is 11.6. The minimum Gasteiger partial charge on any atom is -0.502 e. The van der Waals surface area contributed by atoms with Crippen LogP contribution in [0.15, 0.2) is 23.1 Å². The highest BCUT2D eigenvalue weighted by atomic mass is 32.2. The molecule has 1 aliphatic heterocycles. The summed E-state index contributed by atoms with van der Waals surface area (Å²) in [6.07, 6.45) is 0.690. The van der Waals surface area contributed by atoms with Gasteiger partial charge in [0, 0.05) is 18.7 Å². The number of nitrogens with zero attached hydrogens (tertiary/aromatic N) is 2. The molecule has 20 heavy (non-hydrogen) atoms. The number of rotatable bonds is 4. The van der Waals surface area contributed by atoms with Crippen LogP contribution < -0.4 is 4.72 Å². The van der Waals surface area contributed by atoms with E-state index in [0.29, 0.717) is 13.0 Å². The Bertz CT molecular complexity index is 631. The third-order valence-electron chi connectivity index (χ3n) is 3.17. The van der Waals surface area contributed by atoms with Gasteiger partial charge >= 0.3 is 5.69 Å². The Hall–Kier alpha value is -1.71. The number of hydrogen-bond donors (Lipinski definition) is 2. The van der Waals surface area contributed by atoms with Crippen molar-refractivity contribution < 1.29 is 18.4 Å². The standard InChI is InChI=1S/C11H15N3O5S/c1-13-5-4-8(7-13)12-20(18,19)9-2-3-11(15)10(6-9)14(16)17/h2-3,6,8,12,15H,4-5,7H2,1H3. The van der Waals surface area contributed by atoms with Gasteiger partial charge in [-0.05, 0) is 32.1 Å². The first kappa shape index (κ1) is 14.7. The lowest BCUT2D eigenvalue weighted by atomic mass is 10.3. The van der Waals surface area contributed by atoms with Crippen LogP contribution in [0.5, 0.6) is 5.75 Å². The lowest BCUT2D eigenvalue weighted by Gasteiger charge is -2.13. The van der Waals surface area contributed by atoms with Gasteiger partial charge in [-0.25, -0.2) is 13.1 Å². The van der Waals surface area contributed by atoms with Gasteiger partial charge in [-0.1, -0.05) is 0 Å². The fraction of sp³-hybridized carbons (Fsp3) is 0.455. The fourth-order valence-electron chi connectivity index (χ4n) is 2.14. The van der Waals surface area contributed by atoms with Gasteiger partial charge in [0.15, 0.2) is 5.75 Å². The Morgan fingerprint density at radius 1 is 1.50 bits per heavy atom. The normalized spacial score (nSPS) is 20.1. The lowest BCUT2D eigenvalue weighted by Crippen LogP contribution is -2.36. The molecule has 110 valence electrons. The first-order chi connectivity index (χ1) is 9.29. The molecule has 1 aromatic carbocycles. The smallest absolute Gasteiger partial charge is 0.312 e. The predicted molar refractivity (Wildman–Crippen MR) is 71.0 cm³/mol. The molecule has 2 N–H and O–H groups in total. The predicted octanol–water partition coefficient (Wildman–Crippen LogP) is 0.283. The van der Waals surface area contributed by atoms with Crippen LogP contribution in [-0.4, -0.2) is 49.5 Å². The molecule has 0 spiro atoms. The van der Waals surface area contributed by atoms with E-state index in [2.05, 4.69) is 4.72 Å². The summed E-state index contributed by atoms with van der Waals surface area (Å²) in [6.45, 7) is 1.39. The zero-order chi connectivity index (χ0) is 14.9. The summed E-state index contributed by atoms with van der Waals surface area (Å²) in [4.78, 5) is 11.7. The Balaban J connectivity index is 2.25. The van der Waals surface area contributed by atoms with Gasteiger partial charge in [0.25, 0.3) is 0 Å². The van der Waals surface area contributed by atoms with E-state index in [0.717, 1.165) is 24.7 Å². The molecule has 1 fully saturated rings. The number of nitro groups is 1. The third-order valence-corrected chi connectivity index (χ3v) is 4.69. The highest BCUT2D eigenvalue weighted by molar-refractivity contribution is 7.89. The molecular weight excluding hydrogens is 286 g/mol. The van der Waals surface area contributed by atoms with Crippen LogP contribution in [-0.2, 0) is 10.0 Å². The first-order valence-corrected chi connectivity index (χ1v) is 7.46. The second kappa shape index (κ2) is 5.35. The Morgan fingerprint density at radius 3 is 2.75 bits per heavy atom. The summed E-state index contributed by atoms with van der Waals surface area (Å²) >= 11 is 0. The van der Waals surface area contributed by atoms with Crippen LogP contribution >= 0.6 is 0 Å². The van der Waals surface area contributed by atoms with E-state index in [-0.39, 0.29) is 10.9 Å². The van der Waals surface area contributed by atoms with Crippen LogP contribution in [0.2, 0.25) is 0 Å². The van der Waals surface area contributed by atoms with E-state index in [1.54, 1.807) is 0 Å². The van der Waals surface area contributed by atoms with Crippen molar-refractivity contribution in [2.24, 2.45) is 0 Å². The van der Waals surface area contributed by atoms with Crippen LogP contribution in [0.3, 0.4) is 0 Å². The van der Waals surface area contributed by atoms with Gasteiger partial charge in [-0.2, -0.15) is 0 Å². The Kier molecular flexibility index (Phi) is 3.93. The van der Waals surface area contributed by atoms with E-state index in [4.69, 9.17) is 0 Å². The molecule has 0 radical (unpaired) electrons. The SMILES string of the molecule is CN1CCC(NS(=O)(=O)c2ccc(O)c([N+](=O)[O-])c2)C1. The molecule has 1 unspecified atom stereocenters. The number of phenols is 1. The van der Waals surface area contributed by atoms with Gasteiger partial charge in [-0.3, -0.25) is 10.1 Å². The van der Waals surface area contributed by atoms with Crippen LogP contribution in [0.1, 0.15) is 6.42 Å². The second-order valence-corrected chi connectivity index (χ2v) is 6.49. The molecule has 1 aliphatic rings. The molecule has 1 saturated heterocycles. The zero-order valence-electron chi connectivity index (χ0n) is 10.8. The summed E-state index contributed by atoms with van der Waals surface area (Å²) < 4.78 is 26.8. The number of nitrogens with one attached hydrogen (secondary N) is 1. The number of likely N-dealkylation sites (tertiary alicyclic amines) is 1. The van der Waals surface area contributed by atoms with Crippen molar-refractivity contribution in [2.45, 2.75) is 17.4 Å². The minimum absolute atomic E-state index is 0.210. The molecular formula is C11H15N3O5S. The molecule has 0 bridgehead atoms. The maximum absolute atomic E-state index is 12.1.